The van der Waals surface area contributed by atoms with Gasteiger partial charge in [-0.05, 0) is 18.9 Å². The Balaban J connectivity index is 2.01. The molecule has 0 atom stereocenters. The number of nitrogens with zero attached hydrogens (tertiary/aromatic N) is 4. The van der Waals surface area contributed by atoms with E-state index in [1.165, 1.54) is 32.1 Å². The predicted octanol–water partition coefficient (Wildman–Crippen LogP) is 2.29. The zero-order valence-electron chi connectivity index (χ0n) is 10.6. The summed E-state index contributed by atoms with van der Waals surface area (Å²) in [4.78, 5) is 15.1. The van der Waals surface area contributed by atoms with Gasteiger partial charge in [0.2, 0.25) is 5.95 Å². The molecule has 92 valence electrons. The minimum Gasteiger partial charge on any atom is -0.347 e. The van der Waals surface area contributed by atoms with Crippen LogP contribution in [0, 0.1) is 0 Å². The first-order valence-electron chi connectivity index (χ1n) is 6.29. The highest BCUT2D eigenvalue weighted by Gasteiger charge is 2.10. The molecule has 1 fully saturated rings. The van der Waals surface area contributed by atoms with E-state index < -0.39 is 0 Å². The average Bonchev–Trinajstić information content (AvgIpc) is 2.38. The molecule has 4 heteroatoms. The molecule has 1 heterocycles. The average molecular weight is 232 g/mol. The second-order valence-corrected chi connectivity index (χ2v) is 4.75. The molecule has 1 saturated carbocycles. The molecule has 0 bridgehead atoms. The van der Waals surface area contributed by atoms with Crippen LogP contribution >= 0.6 is 0 Å². The van der Waals surface area contributed by atoms with Gasteiger partial charge in [-0.3, -0.25) is 4.99 Å². The second-order valence-electron chi connectivity index (χ2n) is 4.75. The molecule has 1 aliphatic rings. The molecule has 17 heavy (non-hydrogen) atoms. The maximum atomic E-state index is 4.62. The zero-order valence-corrected chi connectivity index (χ0v) is 10.6. The minimum absolute atomic E-state index is 0.501. The van der Waals surface area contributed by atoms with Crippen molar-refractivity contribution in [3.8, 4) is 0 Å². The second kappa shape index (κ2) is 5.75. The molecule has 4 nitrogen and oxygen atoms in total. The number of hydrogen-bond donors (Lipinski definition) is 0. The van der Waals surface area contributed by atoms with Crippen LogP contribution in [0.4, 0.5) is 5.95 Å². The van der Waals surface area contributed by atoms with Crippen molar-refractivity contribution >= 4 is 12.2 Å². The number of rotatable bonds is 3. The lowest BCUT2D eigenvalue weighted by atomic mass is 9.96. The van der Waals surface area contributed by atoms with E-state index >= 15 is 0 Å². The van der Waals surface area contributed by atoms with Gasteiger partial charge in [0.1, 0.15) is 0 Å². The molecule has 0 spiro atoms. The Morgan fingerprint density at radius 2 is 2.06 bits per heavy atom. The van der Waals surface area contributed by atoms with Crippen molar-refractivity contribution in [2.45, 2.75) is 38.1 Å². The lowest BCUT2D eigenvalue weighted by Gasteiger charge is -2.17. The molecule has 2 rings (SSSR count). The van der Waals surface area contributed by atoms with E-state index in [0.717, 1.165) is 11.6 Å². The van der Waals surface area contributed by atoms with Gasteiger partial charge in [0.25, 0.3) is 0 Å². The van der Waals surface area contributed by atoms with Crippen molar-refractivity contribution in [1.82, 2.24) is 9.97 Å². The highest BCUT2D eigenvalue weighted by Crippen LogP contribution is 2.20. The molecule has 0 radical (unpaired) electrons. The van der Waals surface area contributed by atoms with Gasteiger partial charge in [0, 0.05) is 26.5 Å². The molecule has 1 aromatic rings. The monoisotopic (exact) mass is 232 g/mol. The Morgan fingerprint density at radius 1 is 1.29 bits per heavy atom. The predicted molar refractivity (Wildman–Crippen MR) is 70.8 cm³/mol. The molecule has 1 aromatic heterocycles. The van der Waals surface area contributed by atoms with Crippen LogP contribution < -0.4 is 4.90 Å². The maximum Gasteiger partial charge on any atom is 0.225 e. The van der Waals surface area contributed by atoms with Gasteiger partial charge >= 0.3 is 0 Å². The molecule has 0 aromatic carbocycles. The van der Waals surface area contributed by atoms with Crippen LogP contribution in [-0.2, 0) is 0 Å². The highest BCUT2D eigenvalue weighted by molar-refractivity contribution is 5.77. The fourth-order valence-electron chi connectivity index (χ4n) is 2.06. The first kappa shape index (κ1) is 12.0. The summed E-state index contributed by atoms with van der Waals surface area (Å²) in [6.07, 6.45) is 10.1. The Hall–Kier alpha value is -1.45. The van der Waals surface area contributed by atoms with Crippen LogP contribution in [0.3, 0.4) is 0 Å². The molecule has 0 unspecified atom stereocenters. The molecule has 0 saturated heterocycles. The van der Waals surface area contributed by atoms with Crippen LogP contribution in [0.15, 0.2) is 17.3 Å². The molecular weight excluding hydrogens is 212 g/mol. The van der Waals surface area contributed by atoms with Crippen LogP contribution in [0.5, 0.6) is 0 Å². The summed E-state index contributed by atoms with van der Waals surface area (Å²) >= 11 is 0. The van der Waals surface area contributed by atoms with E-state index in [4.69, 9.17) is 0 Å². The van der Waals surface area contributed by atoms with E-state index in [0.29, 0.717) is 6.04 Å². The largest absolute Gasteiger partial charge is 0.347 e. The number of aliphatic imine (C=N–C) groups is 1. The summed E-state index contributed by atoms with van der Waals surface area (Å²) in [6, 6.07) is 2.40. The zero-order chi connectivity index (χ0) is 12.1. The van der Waals surface area contributed by atoms with Gasteiger partial charge in [-0.1, -0.05) is 19.3 Å². The maximum absolute atomic E-state index is 4.62. The molecular formula is C13H20N4. The van der Waals surface area contributed by atoms with Gasteiger partial charge in [-0.2, -0.15) is 0 Å². The van der Waals surface area contributed by atoms with Gasteiger partial charge in [-0.15, -0.1) is 0 Å². The van der Waals surface area contributed by atoms with Gasteiger partial charge in [0.15, 0.2) is 0 Å². The van der Waals surface area contributed by atoms with Crippen LogP contribution in [0.25, 0.3) is 0 Å². The first-order valence-corrected chi connectivity index (χ1v) is 6.29. The van der Waals surface area contributed by atoms with Gasteiger partial charge in [-0.25, -0.2) is 9.97 Å². The van der Waals surface area contributed by atoms with Crippen LogP contribution in [-0.4, -0.2) is 36.3 Å². The minimum atomic E-state index is 0.501. The third-order valence-electron chi connectivity index (χ3n) is 3.06. The molecule has 0 aliphatic heterocycles. The summed E-state index contributed by atoms with van der Waals surface area (Å²) in [6.45, 7) is 0. The van der Waals surface area contributed by atoms with Gasteiger partial charge in [0.05, 0.1) is 11.7 Å². The number of anilines is 1. The van der Waals surface area contributed by atoms with Crippen molar-refractivity contribution < 1.29 is 0 Å². The van der Waals surface area contributed by atoms with E-state index in [2.05, 4.69) is 15.0 Å². The molecule has 0 amide bonds. The normalized spacial score (nSPS) is 17.5. The van der Waals surface area contributed by atoms with Gasteiger partial charge < -0.3 is 4.90 Å². The smallest absolute Gasteiger partial charge is 0.225 e. The summed E-state index contributed by atoms with van der Waals surface area (Å²) < 4.78 is 0. The van der Waals surface area contributed by atoms with E-state index in [-0.39, 0.29) is 0 Å². The van der Waals surface area contributed by atoms with E-state index in [1.807, 2.05) is 31.3 Å². The molecule has 0 N–H and O–H groups in total. The van der Waals surface area contributed by atoms with E-state index in [1.54, 1.807) is 6.20 Å². The Bertz CT molecular complexity index is 381. The fraction of sp³-hybridized carbons (Fsp3) is 0.615. The summed E-state index contributed by atoms with van der Waals surface area (Å²) in [7, 11) is 3.88. The standard InChI is InChI=1S/C13H20N4/c1-17(2)13-14-9-8-12(16-13)10-15-11-6-4-3-5-7-11/h8-11H,3-7H2,1-2H3. The lowest BCUT2D eigenvalue weighted by Crippen LogP contribution is -2.13. The van der Waals surface area contributed by atoms with Crippen LogP contribution in [0.1, 0.15) is 37.8 Å². The fourth-order valence-corrected chi connectivity index (χ4v) is 2.06. The lowest BCUT2D eigenvalue weighted by molar-refractivity contribution is 0.444. The Kier molecular flexibility index (Phi) is 4.07. The SMILES string of the molecule is CN(C)c1nccc(C=NC2CCCCC2)n1. The first-order chi connectivity index (χ1) is 8.25. The number of aromatic nitrogens is 2. The Labute approximate surface area is 103 Å². The van der Waals surface area contributed by atoms with Crippen molar-refractivity contribution in [1.29, 1.82) is 0 Å². The quantitative estimate of drug-likeness (QED) is 0.751. The van der Waals surface area contributed by atoms with E-state index in [9.17, 15) is 0 Å². The third-order valence-corrected chi connectivity index (χ3v) is 3.06. The number of hydrogen-bond acceptors (Lipinski definition) is 4. The van der Waals surface area contributed by atoms with Crippen molar-refractivity contribution in [3.63, 3.8) is 0 Å². The van der Waals surface area contributed by atoms with Crippen molar-refractivity contribution in [3.05, 3.63) is 18.0 Å². The topological polar surface area (TPSA) is 41.4 Å². The summed E-state index contributed by atoms with van der Waals surface area (Å²) in [5, 5.41) is 0. The van der Waals surface area contributed by atoms with Crippen molar-refractivity contribution in [2.24, 2.45) is 4.99 Å². The molecule has 1 aliphatic carbocycles. The summed E-state index contributed by atoms with van der Waals surface area (Å²) in [5.74, 6) is 0.734. The van der Waals surface area contributed by atoms with Crippen LogP contribution in [0.2, 0.25) is 0 Å². The highest BCUT2D eigenvalue weighted by atomic mass is 15.2. The summed E-state index contributed by atoms with van der Waals surface area (Å²) in [5.41, 5.74) is 0.897. The van der Waals surface area contributed by atoms with Crippen molar-refractivity contribution in [2.75, 3.05) is 19.0 Å². The Morgan fingerprint density at radius 3 is 2.76 bits per heavy atom. The third kappa shape index (κ3) is 3.51.